The Morgan fingerprint density at radius 2 is 1.96 bits per heavy atom. The van der Waals surface area contributed by atoms with Crippen LogP contribution in [0.5, 0.6) is 5.75 Å². The van der Waals surface area contributed by atoms with Crippen molar-refractivity contribution in [2.24, 2.45) is 0 Å². The molecule has 0 amide bonds. The van der Waals surface area contributed by atoms with E-state index in [9.17, 15) is 24.9 Å². The number of aliphatic hydroxyl groups excluding tert-OH is 2. The van der Waals surface area contributed by atoms with E-state index in [4.69, 9.17) is 14.6 Å². The van der Waals surface area contributed by atoms with E-state index < -0.39 is 48.7 Å². The van der Waals surface area contributed by atoms with E-state index >= 15 is 0 Å². The average molecular weight is 366 g/mol. The van der Waals surface area contributed by atoms with E-state index in [2.05, 4.69) is 0 Å². The van der Waals surface area contributed by atoms with Gasteiger partial charge in [-0.05, 0) is 19.1 Å². The molecule has 1 aliphatic carbocycles. The smallest absolute Gasteiger partial charge is 0.335 e. The second-order valence-electron chi connectivity index (χ2n) is 6.08. The predicted octanol–water partition coefficient (Wildman–Crippen LogP) is 0.342. The van der Waals surface area contributed by atoms with Gasteiger partial charge in [0.2, 0.25) is 0 Å². The minimum atomic E-state index is -2.27. The average Bonchev–Trinajstić information content (AvgIpc) is 2.58. The van der Waals surface area contributed by atoms with E-state index in [1.165, 1.54) is 6.08 Å². The van der Waals surface area contributed by atoms with Crippen LogP contribution in [0.4, 0.5) is 0 Å². The molecule has 1 aliphatic rings. The normalized spacial score (nSPS) is 28.7. The third kappa shape index (κ3) is 4.60. The standard InChI is InChI=1S/C18H22O8/c1-2-25-13-6-4-3-5-11(13)7-8-15(20)26-14-10-18(24,17(22)23)9-12(19)16(14)21/h3-8,12,14,16,19,21,24H,2,9-10H2,1H3,(H,22,23)/b8-7+/t12-,14-,16-,18+/m1/s1. The van der Waals surface area contributed by atoms with Crippen molar-refractivity contribution in [1.82, 2.24) is 0 Å². The van der Waals surface area contributed by atoms with Crippen molar-refractivity contribution >= 4 is 18.0 Å². The molecule has 4 N–H and O–H groups in total. The van der Waals surface area contributed by atoms with Crippen LogP contribution >= 0.6 is 0 Å². The van der Waals surface area contributed by atoms with Gasteiger partial charge in [-0.2, -0.15) is 0 Å². The summed E-state index contributed by atoms with van der Waals surface area (Å²) >= 11 is 0. The molecule has 142 valence electrons. The Hall–Kier alpha value is -2.42. The third-order valence-corrected chi connectivity index (χ3v) is 4.14. The lowest BCUT2D eigenvalue weighted by atomic mass is 9.79. The van der Waals surface area contributed by atoms with Gasteiger partial charge in [-0.3, -0.25) is 0 Å². The Morgan fingerprint density at radius 3 is 2.62 bits per heavy atom. The maximum Gasteiger partial charge on any atom is 0.335 e. The molecular formula is C18H22O8. The monoisotopic (exact) mass is 366 g/mol. The number of aliphatic carboxylic acids is 1. The number of rotatable bonds is 6. The zero-order chi connectivity index (χ0) is 19.3. The minimum Gasteiger partial charge on any atom is -0.493 e. The van der Waals surface area contributed by atoms with Gasteiger partial charge in [0.05, 0.1) is 12.7 Å². The number of carboxylic acid groups (broad SMARTS) is 1. The van der Waals surface area contributed by atoms with Gasteiger partial charge in [0.15, 0.2) is 5.60 Å². The Labute approximate surface area is 150 Å². The van der Waals surface area contributed by atoms with Gasteiger partial charge in [-0.25, -0.2) is 9.59 Å². The van der Waals surface area contributed by atoms with Crippen molar-refractivity contribution in [2.45, 2.75) is 43.7 Å². The molecular weight excluding hydrogens is 344 g/mol. The Bertz CT molecular complexity index is 686. The number of carboxylic acids is 1. The van der Waals surface area contributed by atoms with Crippen LogP contribution in [-0.2, 0) is 14.3 Å². The van der Waals surface area contributed by atoms with Crippen LogP contribution in [0.15, 0.2) is 30.3 Å². The lowest BCUT2D eigenvalue weighted by molar-refractivity contribution is -0.196. The van der Waals surface area contributed by atoms with E-state index in [-0.39, 0.29) is 0 Å². The van der Waals surface area contributed by atoms with Crippen molar-refractivity contribution in [3.05, 3.63) is 35.9 Å². The number of esters is 1. The molecule has 8 heteroatoms. The van der Waals surface area contributed by atoms with Crippen LogP contribution < -0.4 is 4.74 Å². The molecule has 1 saturated carbocycles. The lowest BCUT2D eigenvalue weighted by Crippen LogP contribution is -2.57. The Morgan fingerprint density at radius 1 is 1.27 bits per heavy atom. The summed E-state index contributed by atoms with van der Waals surface area (Å²) in [6.45, 7) is 2.28. The van der Waals surface area contributed by atoms with E-state index in [1.807, 2.05) is 6.92 Å². The van der Waals surface area contributed by atoms with Crippen molar-refractivity contribution in [3.63, 3.8) is 0 Å². The van der Waals surface area contributed by atoms with Crippen LogP contribution in [0, 0.1) is 0 Å². The topological polar surface area (TPSA) is 134 Å². The molecule has 4 atom stereocenters. The van der Waals surface area contributed by atoms with E-state index in [1.54, 1.807) is 24.3 Å². The number of hydrogen-bond acceptors (Lipinski definition) is 7. The zero-order valence-electron chi connectivity index (χ0n) is 14.2. The van der Waals surface area contributed by atoms with Crippen molar-refractivity contribution in [3.8, 4) is 5.75 Å². The molecule has 26 heavy (non-hydrogen) atoms. The first kappa shape index (κ1) is 19.9. The van der Waals surface area contributed by atoms with E-state index in [0.717, 1.165) is 6.08 Å². The van der Waals surface area contributed by atoms with Crippen LogP contribution in [0.3, 0.4) is 0 Å². The molecule has 0 aromatic heterocycles. The SMILES string of the molecule is CCOc1ccccc1/C=C/C(=O)O[C@@H]1C[C@](O)(C(=O)O)C[C@@H](O)[C@H]1O. The molecule has 0 aliphatic heterocycles. The second kappa shape index (κ2) is 8.31. The maximum absolute atomic E-state index is 12.0. The molecule has 2 rings (SSSR count). The van der Waals surface area contributed by atoms with Crippen LogP contribution in [0.25, 0.3) is 6.08 Å². The number of aliphatic hydroxyl groups is 3. The molecule has 0 unspecified atom stereocenters. The van der Waals surface area contributed by atoms with Crippen LogP contribution in [-0.4, -0.2) is 62.9 Å². The molecule has 0 bridgehead atoms. The maximum atomic E-state index is 12.0. The first-order valence-electron chi connectivity index (χ1n) is 8.19. The summed E-state index contributed by atoms with van der Waals surface area (Å²) in [5, 5.41) is 38.8. The molecule has 8 nitrogen and oxygen atoms in total. The minimum absolute atomic E-state index is 0.454. The largest absolute Gasteiger partial charge is 0.493 e. The summed E-state index contributed by atoms with van der Waals surface area (Å²) < 4.78 is 10.5. The zero-order valence-corrected chi connectivity index (χ0v) is 14.2. The number of ether oxygens (including phenoxy) is 2. The van der Waals surface area contributed by atoms with Crippen LogP contribution in [0.1, 0.15) is 25.3 Å². The second-order valence-corrected chi connectivity index (χ2v) is 6.08. The highest BCUT2D eigenvalue weighted by molar-refractivity contribution is 5.88. The highest BCUT2D eigenvalue weighted by Gasteiger charge is 2.50. The summed E-state index contributed by atoms with van der Waals surface area (Å²) in [4.78, 5) is 23.2. The summed E-state index contributed by atoms with van der Waals surface area (Å²) in [6.07, 6.45) is -2.86. The number of para-hydroxylation sites is 1. The number of benzene rings is 1. The molecule has 0 saturated heterocycles. The van der Waals surface area contributed by atoms with E-state index in [0.29, 0.717) is 17.9 Å². The molecule has 0 heterocycles. The molecule has 1 aromatic rings. The van der Waals surface area contributed by atoms with Crippen molar-refractivity contribution in [1.29, 1.82) is 0 Å². The number of carbonyl (C=O) groups excluding carboxylic acids is 1. The third-order valence-electron chi connectivity index (χ3n) is 4.14. The fourth-order valence-electron chi connectivity index (χ4n) is 2.79. The summed E-state index contributed by atoms with van der Waals surface area (Å²) in [5.74, 6) is -1.82. The lowest BCUT2D eigenvalue weighted by Gasteiger charge is -2.39. The van der Waals surface area contributed by atoms with Gasteiger partial charge >= 0.3 is 11.9 Å². The summed E-state index contributed by atoms with van der Waals surface area (Å²) in [6, 6.07) is 7.02. The molecule has 0 spiro atoms. The molecule has 1 aromatic carbocycles. The fourth-order valence-corrected chi connectivity index (χ4v) is 2.79. The van der Waals surface area contributed by atoms with Gasteiger partial charge in [-0.15, -0.1) is 0 Å². The van der Waals surface area contributed by atoms with Gasteiger partial charge in [-0.1, -0.05) is 18.2 Å². The molecule has 1 fully saturated rings. The quantitative estimate of drug-likeness (QED) is 0.418. The van der Waals surface area contributed by atoms with Gasteiger partial charge in [0.25, 0.3) is 0 Å². The number of carbonyl (C=O) groups is 2. The van der Waals surface area contributed by atoms with Gasteiger partial charge < -0.3 is 29.9 Å². The predicted molar refractivity (Wildman–Crippen MR) is 90.4 cm³/mol. The molecule has 0 radical (unpaired) electrons. The Kier molecular flexibility index (Phi) is 6.36. The fraction of sp³-hybridized carbons (Fsp3) is 0.444. The van der Waals surface area contributed by atoms with Crippen molar-refractivity contribution in [2.75, 3.05) is 6.61 Å². The summed E-state index contributed by atoms with van der Waals surface area (Å²) in [5.41, 5.74) is -1.63. The van der Waals surface area contributed by atoms with Crippen LogP contribution in [0.2, 0.25) is 0 Å². The first-order chi connectivity index (χ1) is 12.3. The van der Waals surface area contributed by atoms with Gasteiger partial charge in [0, 0.05) is 24.5 Å². The highest BCUT2D eigenvalue weighted by Crippen LogP contribution is 2.31. The first-order valence-corrected chi connectivity index (χ1v) is 8.19. The van der Waals surface area contributed by atoms with Crippen molar-refractivity contribution < 1.29 is 39.5 Å². The van der Waals surface area contributed by atoms with Gasteiger partial charge in [0.1, 0.15) is 18.0 Å². The summed E-state index contributed by atoms with van der Waals surface area (Å²) in [7, 11) is 0. The Balaban J connectivity index is 2.07. The number of hydrogen-bond donors (Lipinski definition) is 4. The highest BCUT2D eigenvalue weighted by atomic mass is 16.6.